The Kier molecular flexibility index (Phi) is 23.5. The molecule has 3 heterocycles. The number of nitrogens with one attached hydrogen (secondary N) is 4. The third-order valence-electron chi connectivity index (χ3n) is 16.6. The summed E-state index contributed by atoms with van der Waals surface area (Å²) in [7, 11) is 6.90. The molecule has 19 nitrogen and oxygen atoms in total. The van der Waals surface area contributed by atoms with Crippen molar-refractivity contribution in [2.75, 3.05) is 40.1 Å². The minimum absolute atomic E-state index is 0.0748. The van der Waals surface area contributed by atoms with Crippen molar-refractivity contribution in [3.05, 3.63) is 101 Å². The van der Waals surface area contributed by atoms with Crippen LogP contribution in [0.5, 0.6) is 0 Å². The molecule has 3 aromatic carbocycles. The monoisotopic (exact) mass is 1160 g/mol. The number of amides is 5. The fourth-order valence-corrected chi connectivity index (χ4v) is 12.1. The van der Waals surface area contributed by atoms with E-state index in [0.29, 0.717) is 22.7 Å². The number of ether oxygens (including phenoxy) is 5. The minimum atomic E-state index is -1.71. The summed E-state index contributed by atoms with van der Waals surface area (Å²) in [6, 6.07) is 20.2. The van der Waals surface area contributed by atoms with Crippen molar-refractivity contribution in [1.82, 2.24) is 25.8 Å². The summed E-state index contributed by atoms with van der Waals surface area (Å²) in [5.41, 5.74) is -0.145. The van der Waals surface area contributed by atoms with Gasteiger partial charge in [0.2, 0.25) is 29.5 Å². The molecule has 0 spiro atoms. The average molecular weight is 1160 g/mol. The van der Waals surface area contributed by atoms with E-state index in [9.17, 15) is 39.3 Å². The van der Waals surface area contributed by atoms with Gasteiger partial charge in [-0.05, 0) is 108 Å². The van der Waals surface area contributed by atoms with Crippen LogP contribution in [0.15, 0.2) is 78.9 Å². The van der Waals surface area contributed by atoms with Gasteiger partial charge in [-0.2, -0.15) is 0 Å². The maximum absolute atomic E-state index is 14.9. The molecule has 0 aliphatic carbocycles. The summed E-state index contributed by atoms with van der Waals surface area (Å²) in [6.07, 6.45) is -6.70. The molecule has 17 atom stereocenters. The number of halogens is 1. The van der Waals surface area contributed by atoms with Crippen molar-refractivity contribution in [1.29, 1.82) is 0 Å². The number of hydrogen-bond donors (Lipinski definition) is 7. The lowest BCUT2D eigenvalue weighted by molar-refractivity contribution is -0.317. The molecular weight excluding hydrogens is 1070 g/mol. The van der Waals surface area contributed by atoms with E-state index >= 15 is 0 Å². The van der Waals surface area contributed by atoms with Crippen LogP contribution in [0.2, 0.25) is 5.02 Å². The van der Waals surface area contributed by atoms with Gasteiger partial charge < -0.3 is 70.1 Å². The van der Waals surface area contributed by atoms with Crippen molar-refractivity contribution in [2.45, 2.75) is 192 Å². The Hall–Kier alpha value is -5.06. The SMILES string of the molecule is CO[C@]1(C)C[C@H](O[C@H]2[C@H](C)[C@@H](O[C@@H]3O[C@H](C)C[C@H](N(C)C)[C@H]3O)[C@](C)(O)C[C@@H](C)CN(C)C(=O)C[C@@H](Cc3ccc(NC(=O)[C@H](Cc4ccccc4Cl)NC(=O)Cc4ccccc4)cc3)NC(=O)[C@@H](C(C)C)NC(=O)[C@@H]2C)O[C@@H](C)[C@@H]1O. The van der Waals surface area contributed by atoms with Crippen LogP contribution < -0.4 is 21.3 Å². The smallest absolute Gasteiger partial charge is 0.247 e. The fraction of sp³-hybridized carbons (Fsp3) is 0.629. The summed E-state index contributed by atoms with van der Waals surface area (Å²) >= 11 is 6.51. The first kappa shape index (κ1) is 66.1. The normalized spacial score (nSPS) is 33.3. The van der Waals surface area contributed by atoms with Gasteiger partial charge in [-0.15, -0.1) is 0 Å². The zero-order valence-electron chi connectivity index (χ0n) is 50.1. The molecule has 3 aliphatic rings. The second-order valence-corrected chi connectivity index (χ2v) is 24.8. The molecule has 7 N–H and O–H groups in total. The molecule has 454 valence electrons. The number of anilines is 1. The van der Waals surface area contributed by atoms with Gasteiger partial charge >= 0.3 is 0 Å². The summed E-state index contributed by atoms with van der Waals surface area (Å²) in [5, 5.41) is 48.2. The van der Waals surface area contributed by atoms with Gasteiger partial charge in [0.1, 0.15) is 24.3 Å². The van der Waals surface area contributed by atoms with E-state index in [-0.39, 0.29) is 74.9 Å². The number of methoxy groups -OCH3 is 1. The number of rotatable bonds is 16. The molecule has 0 unspecified atom stereocenters. The second-order valence-electron chi connectivity index (χ2n) is 24.4. The van der Waals surface area contributed by atoms with Crippen molar-refractivity contribution in [3.8, 4) is 0 Å². The molecule has 20 heteroatoms. The number of benzene rings is 3. The lowest BCUT2D eigenvalue weighted by Crippen LogP contribution is -2.61. The quantitative estimate of drug-likeness (QED) is 0.0947. The van der Waals surface area contributed by atoms with E-state index in [2.05, 4.69) is 21.3 Å². The fourth-order valence-electron chi connectivity index (χ4n) is 11.9. The minimum Gasteiger partial charge on any atom is -0.387 e. The summed E-state index contributed by atoms with van der Waals surface area (Å²) in [4.78, 5) is 74.7. The first-order chi connectivity index (χ1) is 38.6. The molecule has 6 rings (SSSR count). The number of nitrogens with zero attached hydrogens (tertiary/aromatic N) is 2. The summed E-state index contributed by atoms with van der Waals surface area (Å²) < 4.78 is 32.1. The Morgan fingerprint density at radius 2 is 1.54 bits per heavy atom. The van der Waals surface area contributed by atoms with Crippen LogP contribution >= 0.6 is 11.6 Å². The zero-order chi connectivity index (χ0) is 60.4. The Morgan fingerprint density at radius 3 is 2.17 bits per heavy atom. The topological polar surface area (TPSA) is 247 Å². The number of hydrogen-bond acceptors (Lipinski definition) is 14. The Labute approximate surface area is 489 Å². The molecule has 5 amide bonds. The standard InChI is InChI=1S/C62H91ClN6O13/c1-35(2)52-59(76)65-45(28-42-23-25-44(26-24-42)64-58(75)47(30-43-21-17-18-22-46(43)63)66-49(70)29-41-19-15-14-16-20-41)31-50(71)69(12)34-36(3)32-61(8,77)56(82-60-53(72)48(68(10)11)27-37(4)79-60)38(5)54(39(6)57(74)67-52)81-51-33-62(9,78-13)55(73)40(7)80-51/h14-26,35-40,45,47-48,51-56,60,72-73,77H,27-34H2,1-13H3,(H,64,75)(H,65,76)(H,66,70)(H,67,74)/t36-,37-,38+,39-,40+,45-,47+,48+,51+,52-,53-,54+,55+,56-,60+,61-,62-/m1/s1. The van der Waals surface area contributed by atoms with E-state index in [1.165, 1.54) is 7.11 Å². The number of aliphatic hydroxyl groups excluding tert-OH is 2. The Bertz CT molecular complexity index is 2590. The van der Waals surface area contributed by atoms with Crippen molar-refractivity contribution in [3.63, 3.8) is 0 Å². The lowest BCUT2D eigenvalue weighted by Gasteiger charge is -2.49. The molecule has 0 radical (unpaired) electrons. The number of carbonyl (C=O) groups is 5. The van der Waals surface area contributed by atoms with Gasteiger partial charge in [0, 0.05) is 68.7 Å². The molecule has 3 aromatic rings. The highest BCUT2D eigenvalue weighted by Gasteiger charge is 2.51. The number of carbonyl (C=O) groups excluding carboxylic acids is 5. The predicted octanol–water partition coefficient (Wildman–Crippen LogP) is 5.43. The Morgan fingerprint density at radius 1 is 0.878 bits per heavy atom. The van der Waals surface area contributed by atoms with Gasteiger partial charge in [-0.25, -0.2) is 0 Å². The van der Waals surface area contributed by atoms with Gasteiger partial charge in [0.05, 0.1) is 48.0 Å². The van der Waals surface area contributed by atoms with Crippen LogP contribution in [0.4, 0.5) is 5.69 Å². The van der Waals surface area contributed by atoms with Crippen LogP contribution in [-0.4, -0.2) is 174 Å². The molecule has 82 heavy (non-hydrogen) atoms. The first-order valence-electron chi connectivity index (χ1n) is 28.8. The van der Waals surface area contributed by atoms with Crippen LogP contribution in [0.25, 0.3) is 0 Å². The predicted molar refractivity (Wildman–Crippen MR) is 312 cm³/mol. The van der Waals surface area contributed by atoms with Crippen LogP contribution in [0, 0.1) is 23.7 Å². The third kappa shape index (κ3) is 17.5. The van der Waals surface area contributed by atoms with Crippen molar-refractivity contribution < 1.29 is 63.0 Å². The van der Waals surface area contributed by atoms with Crippen LogP contribution in [0.1, 0.15) is 105 Å². The van der Waals surface area contributed by atoms with Gasteiger partial charge in [0.15, 0.2) is 12.6 Å². The third-order valence-corrected chi connectivity index (χ3v) is 17.0. The molecule has 0 aromatic heterocycles. The second kappa shape index (κ2) is 29.2. The molecule has 0 bridgehead atoms. The van der Waals surface area contributed by atoms with Gasteiger partial charge in [0.25, 0.3) is 0 Å². The first-order valence-corrected chi connectivity index (χ1v) is 29.2. The largest absolute Gasteiger partial charge is 0.387 e. The average Bonchev–Trinajstić information content (AvgIpc) is 3.62. The van der Waals surface area contributed by atoms with Gasteiger partial charge in [-0.1, -0.05) is 107 Å². The highest BCUT2D eigenvalue weighted by Crippen LogP contribution is 2.39. The summed E-state index contributed by atoms with van der Waals surface area (Å²) in [5.74, 6) is -4.82. The van der Waals surface area contributed by atoms with Crippen LogP contribution in [-0.2, 0) is 66.9 Å². The van der Waals surface area contributed by atoms with Crippen molar-refractivity contribution in [2.24, 2.45) is 23.7 Å². The van der Waals surface area contributed by atoms with Gasteiger partial charge in [-0.3, -0.25) is 24.0 Å². The maximum Gasteiger partial charge on any atom is 0.247 e. The zero-order valence-corrected chi connectivity index (χ0v) is 50.9. The van der Waals surface area contributed by atoms with E-state index < -0.39 is 108 Å². The highest BCUT2D eigenvalue weighted by molar-refractivity contribution is 6.31. The molecule has 3 aliphatic heterocycles. The van der Waals surface area contributed by atoms with E-state index in [1.807, 2.05) is 69.2 Å². The number of likely N-dealkylation sites (N-methyl/N-ethyl adjacent to an activating group) is 1. The molecule has 3 saturated heterocycles. The van der Waals surface area contributed by atoms with E-state index in [0.717, 1.165) is 11.1 Å². The molecular formula is C62H91ClN6O13. The number of aliphatic hydroxyl groups is 3. The van der Waals surface area contributed by atoms with E-state index in [4.69, 9.17) is 35.3 Å². The molecule has 0 saturated carbocycles. The summed E-state index contributed by atoms with van der Waals surface area (Å²) in [6.45, 7) is 16.2. The van der Waals surface area contributed by atoms with E-state index in [1.54, 1.807) is 103 Å². The Balaban J connectivity index is 1.29. The van der Waals surface area contributed by atoms with Crippen LogP contribution in [0.3, 0.4) is 0 Å². The maximum atomic E-state index is 14.9. The highest BCUT2D eigenvalue weighted by atomic mass is 35.5. The molecule has 3 fully saturated rings. The lowest BCUT2D eigenvalue weighted by atomic mass is 9.77. The van der Waals surface area contributed by atoms with Crippen molar-refractivity contribution >= 4 is 46.8 Å².